The number of nitro benzene ring substituents is 2. The van der Waals surface area contributed by atoms with Gasteiger partial charge in [-0.25, -0.2) is 0 Å². The molecule has 17 heteroatoms. The maximum Gasteiger partial charge on any atom is 0.291 e. The molecule has 0 aromatic heterocycles. The van der Waals surface area contributed by atoms with Crippen LogP contribution >= 0.6 is 11.8 Å². The Morgan fingerprint density at radius 1 is 0.540 bits per heavy atom. The van der Waals surface area contributed by atoms with Crippen LogP contribution in [0, 0.1) is 20.2 Å². The molecule has 2 fully saturated rings. The average molecular weight is 875 g/mol. The van der Waals surface area contributed by atoms with Crippen LogP contribution in [0.25, 0.3) is 34.4 Å². The highest BCUT2D eigenvalue weighted by Gasteiger charge is 2.32. The Kier molecular flexibility index (Phi) is 14.3. The number of amides is 4. The third kappa shape index (κ3) is 10.2. The Morgan fingerprint density at radius 3 is 1.19 bits per heavy atom. The Labute approximate surface area is 370 Å². The molecular formula is C46H50N8O8S. The van der Waals surface area contributed by atoms with Crippen LogP contribution in [0.15, 0.2) is 94.7 Å². The van der Waals surface area contributed by atoms with Gasteiger partial charge in [-0.1, -0.05) is 60.3 Å². The van der Waals surface area contributed by atoms with Gasteiger partial charge in [-0.15, -0.1) is 0 Å². The molecule has 0 unspecified atom stereocenters. The lowest BCUT2D eigenvalue weighted by molar-refractivity contribution is -0.387. The van der Waals surface area contributed by atoms with Crippen molar-refractivity contribution < 1.29 is 29.0 Å². The molecule has 0 bridgehead atoms. The number of rotatable bonds is 12. The second-order valence-electron chi connectivity index (χ2n) is 15.5. The molecule has 2 aliphatic heterocycles. The maximum atomic E-state index is 13.4. The lowest BCUT2D eigenvalue weighted by Crippen LogP contribution is -2.49. The van der Waals surface area contributed by atoms with E-state index in [1.165, 1.54) is 38.1 Å². The average Bonchev–Trinajstić information content (AvgIpc) is 3.27. The normalized spacial score (nSPS) is 14.3. The van der Waals surface area contributed by atoms with Crippen molar-refractivity contribution in [3.05, 3.63) is 116 Å². The van der Waals surface area contributed by atoms with E-state index in [9.17, 15) is 39.4 Å². The third-order valence-corrected chi connectivity index (χ3v) is 12.2. The first-order valence-corrected chi connectivity index (χ1v) is 21.2. The SMILES string of the molecule is CC(=O)N1CCN(C(=O)/C=C/c2ccc(Sc3ccc(/C=C/C(=O)N4CCN(C(C)=O)CC4)c(-c4ccccc4N(C)C)c3[N+](=O)[O-])c([N+](=O)[O-])c2-c2ccccc2N(C)C)CC1. The van der Waals surface area contributed by atoms with Gasteiger partial charge in [0.1, 0.15) is 0 Å². The van der Waals surface area contributed by atoms with E-state index in [0.29, 0.717) is 86.0 Å². The molecule has 0 radical (unpaired) electrons. The molecule has 0 spiro atoms. The van der Waals surface area contributed by atoms with Crippen molar-refractivity contribution in [1.82, 2.24) is 19.6 Å². The topological polar surface area (TPSA) is 174 Å². The first-order valence-electron chi connectivity index (χ1n) is 20.4. The zero-order valence-electron chi connectivity index (χ0n) is 36.1. The standard InChI is InChI=1S/C46H50N8O8S/c1-31(55)49-23-27-51(28-24-49)41(57)21-17-33-15-19-39(45(53(59)60)43(33)35-11-7-9-13-37(35)47(3)4)63-40-20-16-34(18-22-42(58)52-29-25-50(26-30-52)32(2)56)44(46(40)54(61)62)36-12-8-10-14-38(36)48(5)6/h7-22H,23-30H2,1-6H3/b21-17+,22-18+. The van der Waals surface area contributed by atoms with Crippen LogP contribution < -0.4 is 9.80 Å². The highest BCUT2D eigenvalue weighted by Crippen LogP contribution is 2.50. The first-order chi connectivity index (χ1) is 30.1. The molecule has 2 aliphatic rings. The number of nitrogens with zero attached hydrogens (tertiary/aromatic N) is 8. The molecule has 4 aromatic carbocycles. The number of carbonyl (C=O) groups is 4. The number of benzene rings is 4. The van der Waals surface area contributed by atoms with Crippen molar-refractivity contribution in [3.8, 4) is 22.3 Å². The van der Waals surface area contributed by atoms with E-state index < -0.39 is 9.85 Å². The quantitative estimate of drug-likeness (QED) is 0.0861. The van der Waals surface area contributed by atoms with Crippen LogP contribution in [0.1, 0.15) is 25.0 Å². The Morgan fingerprint density at radius 2 is 0.873 bits per heavy atom. The molecule has 2 heterocycles. The summed E-state index contributed by atoms with van der Waals surface area (Å²) < 4.78 is 0. The summed E-state index contributed by atoms with van der Waals surface area (Å²) in [6, 6.07) is 20.8. The zero-order valence-corrected chi connectivity index (χ0v) is 37.0. The van der Waals surface area contributed by atoms with Gasteiger partial charge >= 0.3 is 0 Å². The summed E-state index contributed by atoms with van der Waals surface area (Å²) in [5, 5.41) is 26.7. The molecule has 0 aliphatic carbocycles. The fraction of sp³-hybridized carbons (Fsp3) is 0.304. The molecule has 0 N–H and O–H groups in total. The predicted molar refractivity (Wildman–Crippen MR) is 246 cm³/mol. The Balaban J connectivity index is 1.48. The highest BCUT2D eigenvalue weighted by atomic mass is 32.2. The van der Waals surface area contributed by atoms with E-state index in [-0.39, 0.29) is 55.9 Å². The molecule has 4 amide bonds. The van der Waals surface area contributed by atoms with Gasteiger partial charge in [0.25, 0.3) is 11.4 Å². The summed E-state index contributed by atoms with van der Waals surface area (Å²) in [6.45, 7) is 5.96. The number of nitro groups is 2. The number of carbonyl (C=O) groups excluding carboxylic acids is 4. The van der Waals surface area contributed by atoms with Crippen LogP contribution in [0.5, 0.6) is 0 Å². The molecule has 6 rings (SSSR count). The number of para-hydroxylation sites is 2. The van der Waals surface area contributed by atoms with E-state index in [1.54, 1.807) is 68.1 Å². The van der Waals surface area contributed by atoms with Crippen LogP contribution in [-0.4, -0.2) is 134 Å². The summed E-state index contributed by atoms with van der Waals surface area (Å²) >= 11 is 0.887. The van der Waals surface area contributed by atoms with Gasteiger partial charge in [0, 0.05) is 129 Å². The Hall–Kier alpha value is -7.01. The van der Waals surface area contributed by atoms with Gasteiger partial charge in [-0.3, -0.25) is 39.4 Å². The summed E-state index contributed by atoms with van der Waals surface area (Å²) in [4.78, 5) is 86.8. The Bertz CT molecular complexity index is 2330. The van der Waals surface area contributed by atoms with Crippen LogP contribution in [0.3, 0.4) is 0 Å². The molecule has 0 saturated carbocycles. The van der Waals surface area contributed by atoms with E-state index in [4.69, 9.17) is 0 Å². The molecule has 63 heavy (non-hydrogen) atoms. The summed E-state index contributed by atoms with van der Waals surface area (Å²) in [7, 11) is 7.27. The summed E-state index contributed by atoms with van der Waals surface area (Å²) in [6.07, 6.45) is 5.85. The molecule has 328 valence electrons. The fourth-order valence-corrected chi connectivity index (χ4v) is 8.89. The summed E-state index contributed by atoms with van der Waals surface area (Å²) in [5.74, 6) is -0.744. The van der Waals surface area contributed by atoms with Crippen LogP contribution in [0.2, 0.25) is 0 Å². The third-order valence-electron chi connectivity index (χ3n) is 11.1. The monoisotopic (exact) mass is 874 g/mol. The van der Waals surface area contributed by atoms with Crippen LogP contribution in [-0.2, 0) is 19.2 Å². The van der Waals surface area contributed by atoms with Crippen LogP contribution in [0.4, 0.5) is 22.7 Å². The zero-order chi connectivity index (χ0) is 45.5. The minimum absolute atomic E-state index is 0.0652. The van der Waals surface area contributed by atoms with Crippen molar-refractivity contribution >= 4 is 70.3 Å². The molecule has 2 saturated heterocycles. The van der Waals surface area contributed by atoms with Gasteiger partial charge in [0.2, 0.25) is 23.6 Å². The molecule has 0 atom stereocenters. The van der Waals surface area contributed by atoms with Crippen molar-refractivity contribution in [2.75, 3.05) is 90.3 Å². The second kappa shape index (κ2) is 19.8. The van der Waals surface area contributed by atoms with Gasteiger partial charge in [-0.05, 0) is 47.5 Å². The van der Waals surface area contributed by atoms with E-state index in [1.807, 2.05) is 62.3 Å². The van der Waals surface area contributed by atoms with Gasteiger partial charge in [0.05, 0.1) is 30.8 Å². The van der Waals surface area contributed by atoms with E-state index in [2.05, 4.69) is 0 Å². The molecular weight excluding hydrogens is 825 g/mol. The van der Waals surface area contributed by atoms with Gasteiger partial charge in [0.15, 0.2) is 0 Å². The first kappa shape index (κ1) is 45.5. The largest absolute Gasteiger partial charge is 0.377 e. The second-order valence-corrected chi connectivity index (χ2v) is 16.6. The molecule has 16 nitrogen and oxygen atoms in total. The lowest BCUT2D eigenvalue weighted by atomic mass is 9.95. The predicted octanol–water partition coefficient (Wildman–Crippen LogP) is 6.53. The smallest absolute Gasteiger partial charge is 0.291 e. The van der Waals surface area contributed by atoms with Crippen molar-refractivity contribution in [2.24, 2.45) is 0 Å². The van der Waals surface area contributed by atoms with E-state index >= 15 is 0 Å². The fourth-order valence-electron chi connectivity index (χ4n) is 7.83. The van der Waals surface area contributed by atoms with Crippen molar-refractivity contribution in [2.45, 2.75) is 23.6 Å². The van der Waals surface area contributed by atoms with Crippen molar-refractivity contribution in [1.29, 1.82) is 0 Å². The van der Waals surface area contributed by atoms with Crippen molar-refractivity contribution in [3.63, 3.8) is 0 Å². The number of hydrogen-bond donors (Lipinski definition) is 0. The number of hydrogen-bond acceptors (Lipinski definition) is 11. The minimum Gasteiger partial charge on any atom is -0.377 e. The number of piperazine rings is 2. The minimum atomic E-state index is -0.503. The van der Waals surface area contributed by atoms with E-state index in [0.717, 1.165) is 11.8 Å². The lowest BCUT2D eigenvalue weighted by Gasteiger charge is -2.33. The highest BCUT2D eigenvalue weighted by molar-refractivity contribution is 7.99. The number of anilines is 2. The maximum absolute atomic E-state index is 13.4. The summed E-state index contributed by atoms with van der Waals surface area (Å²) in [5.41, 5.74) is 2.99. The van der Waals surface area contributed by atoms with Gasteiger partial charge < -0.3 is 29.4 Å². The van der Waals surface area contributed by atoms with Gasteiger partial charge in [-0.2, -0.15) is 0 Å². The molecule has 4 aromatic rings.